The maximum absolute atomic E-state index is 11.8. The first kappa shape index (κ1) is 32.9. The van der Waals surface area contributed by atoms with Gasteiger partial charge in [-0.15, -0.1) is 0 Å². The van der Waals surface area contributed by atoms with E-state index in [1.54, 1.807) is 0 Å². The number of aliphatic hydroxyl groups is 1. The Morgan fingerprint density at radius 2 is 1.70 bits per heavy atom. The van der Waals surface area contributed by atoms with E-state index in [2.05, 4.69) is 63.8 Å². The Kier molecular flexibility index (Phi) is 12.4. The molecule has 5 rings (SSSR count). The largest absolute Gasteiger partial charge is 0.480 e. The molecule has 2 saturated heterocycles. The number of hydrogen-bond donors (Lipinski definition) is 5. The molecule has 3 fully saturated rings. The molecule has 0 unspecified atom stereocenters. The Balaban J connectivity index is 0.000000197. The first-order valence-corrected chi connectivity index (χ1v) is 16.1. The summed E-state index contributed by atoms with van der Waals surface area (Å²) in [5, 5.41) is 23.9. The second kappa shape index (κ2) is 16.2. The predicted molar refractivity (Wildman–Crippen MR) is 172 cm³/mol. The monoisotopic (exact) mass is 592 g/mol. The minimum absolute atomic E-state index is 0.265. The van der Waals surface area contributed by atoms with Gasteiger partial charge >= 0.3 is 5.97 Å². The highest BCUT2D eigenvalue weighted by Gasteiger charge is 2.38. The average molecular weight is 593 g/mol. The van der Waals surface area contributed by atoms with Crippen LogP contribution in [0.25, 0.3) is 0 Å². The maximum atomic E-state index is 11.8. The van der Waals surface area contributed by atoms with Crippen molar-refractivity contribution in [1.82, 2.24) is 15.2 Å². The van der Waals surface area contributed by atoms with Crippen LogP contribution in [-0.2, 0) is 11.2 Å². The normalized spacial score (nSPS) is 22.4. The van der Waals surface area contributed by atoms with E-state index >= 15 is 0 Å². The van der Waals surface area contributed by atoms with Gasteiger partial charge in [0.25, 0.3) is 0 Å². The van der Waals surface area contributed by atoms with Gasteiger partial charge in [0.15, 0.2) is 5.84 Å². The molecule has 7 N–H and O–H groups in total. The zero-order valence-corrected chi connectivity index (χ0v) is 25.8. The summed E-state index contributed by atoms with van der Waals surface area (Å²) in [6.45, 7) is 3.79. The van der Waals surface area contributed by atoms with Crippen LogP contribution in [0, 0.1) is 5.92 Å². The number of carboxylic acids is 1. The SMILES string of the molecule is CN1CCC(O)(CCCc2ccc(/C(=N/N)NN)cc2)CC1.O=C(O)[C@@H](C1CCCCC1)N1CC[C@@H](c2ccccc2)C1. The van der Waals surface area contributed by atoms with Gasteiger partial charge in [0.1, 0.15) is 6.04 Å². The number of amidine groups is 1. The van der Waals surface area contributed by atoms with Gasteiger partial charge in [-0.3, -0.25) is 9.69 Å². The number of hydrazone groups is 1. The molecule has 0 amide bonds. The summed E-state index contributed by atoms with van der Waals surface area (Å²) >= 11 is 0. The Morgan fingerprint density at radius 3 is 2.30 bits per heavy atom. The quantitative estimate of drug-likeness (QED) is 0.127. The second-order valence-corrected chi connectivity index (χ2v) is 12.8. The zero-order chi connectivity index (χ0) is 30.7. The van der Waals surface area contributed by atoms with Crippen LogP contribution in [0.1, 0.15) is 86.8 Å². The number of hydrazine groups is 1. The van der Waals surface area contributed by atoms with Crippen LogP contribution in [0.5, 0.6) is 0 Å². The molecule has 236 valence electrons. The average Bonchev–Trinajstić information content (AvgIpc) is 3.51. The molecule has 1 aliphatic carbocycles. The van der Waals surface area contributed by atoms with Gasteiger partial charge in [0.05, 0.1) is 5.60 Å². The Morgan fingerprint density at radius 1 is 1.02 bits per heavy atom. The van der Waals surface area contributed by atoms with E-state index in [0.29, 0.717) is 17.7 Å². The number of rotatable bonds is 9. The van der Waals surface area contributed by atoms with Gasteiger partial charge in [-0.25, -0.2) is 5.84 Å². The molecule has 9 nitrogen and oxygen atoms in total. The fraction of sp³-hybridized carbons (Fsp3) is 0.588. The van der Waals surface area contributed by atoms with Gasteiger partial charge < -0.3 is 26.4 Å². The first-order chi connectivity index (χ1) is 20.8. The van der Waals surface area contributed by atoms with Crippen LogP contribution in [0.15, 0.2) is 59.7 Å². The fourth-order valence-electron chi connectivity index (χ4n) is 7.07. The van der Waals surface area contributed by atoms with Crippen molar-refractivity contribution in [3.05, 3.63) is 71.3 Å². The number of nitrogens with zero attached hydrogens (tertiary/aromatic N) is 3. The molecule has 43 heavy (non-hydrogen) atoms. The lowest BCUT2D eigenvalue weighted by atomic mass is 9.83. The molecule has 2 heterocycles. The van der Waals surface area contributed by atoms with Crippen LogP contribution in [0.2, 0.25) is 0 Å². The summed E-state index contributed by atoms with van der Waals surface area (Å²) in [4.78, 5) is 16.3. The van der Waals surface area contributed by atoms with Gasteiger partial charge in [-0.1, -0.05) is 73.9 Å². The molecule has 2 aliphatic heterocycles. The highest BCUT2D eigenvalue weighted by molar-refractivity contribution is 5.98. The van der Waals surface area contributed by atoms with Crippen LogP contribution < -0.4 is 17.1 Å². The summed E-state index contributed by atoms with van der Waals surface area (Å²) in [5.41, 5.74) is 5.46. The fourth-order valence-corrected chi connectivity index (χ4v) is 7.07. The van der Waals surface area contributed by atoms with Crippen molar-refractivity contribution in [3.63, 3.8) is 0 Å². The van der Waals surface area contributed by atoms with Crippen molar-refractivity contribution >= 4 is 11.8 Å². The predicted octanol–water partition coefficient (Wildman–Crippen LogP) is 4.06. The minimum Gasteiger partial charge on any atom is -0.480 e. The second-order valence-electron chi connectivity index (χ2n) is 12.8. The topological polar surface area (TPSA) is 140 Å². The van der Waals surface area contributed by atoms with E-state index in [-0.39, 0.29) is 6.04 Å². The zero-order valence-electron chi connectivity index (χ0n) is 25.8. The lowest BCUT2D eigenvalue weighted by molar-refractivity contribution is -0.145. The van der Waals surface area contributed by atoms with E-state index in [9.17, 15) is 15.0 Å². The van der Waals surface area contributed by atoms with E-state index in [1.165, 1.54) is 30.4 Å². The summed E-state index contributed by atoms with van der Waals surface area (Å²) in [6.07, 6.45) is 11.5. The maximum Gasteiger partial charge on any atom is 0.321 e. The third-order valence-electron chi connectivity index (χ3n) is 9.75. The van der Waals surface area contributed by atoms with Gasteiger partial charge in [-0.2, -0.15) is 5.10 Å². The minimum atomic E-state index is -0.615. The van der Waals surface area contributed by atoms with Crippen molar-refractivity contribution in [2.24, 2.45) is 22.7 Å². The molecule has 9 heteroatoms. The van der Waals surface area contributed by atoms with Crippen molar-refractivity contribution < 1.29 is 15.0 Å². The number of carboxylic acid groups (broad SMARTS) is 1. The van der Waals surface area contributed by atoms with Gasteiger partial charge in [-0.05, 0) is 87.9 Å². The van der Waals surface area contributed by atoms with E-state index in [4.69, 9.17) is 11.7 Å². The number of hydrogen-bond acceptors (Lipinski definition) is 7. The first-order valence-electron chi connectivity index (χ1n) is 16.1. The van der Waals surface area contributed by atoms with Crippen LogP contribution in [-0.4, -0.2) is 76.7 Å². The third kappa shape index (κ3) is 9.50. The molecule has 0 spiro atoms. The van der Waals surface area contributed by atoms with E-state index in [1.807, 2.05) is 18.2 Å². The number of aliphatic carboxylic acids is 1. The summed E-state index contributed by atoms with van der Waals surface area (Å²) < 4.78 is 0. The highest BCUT2D eigenvalue weighted by Crippen LogP contribution is 2.34. The van der Waals surface area contributed by atoms with Gasteiger partial charge in [0.2, 0.25) is 0 Å². The smallest absolute Gasteiger partial charge is 0.321 e. The molecule has 0 aromatic heterocycles. The van der Waals surface area contributed by atoms with Crippen molar-refractivity contribution in [1.29, 1.82) is 0 Å². The molecule has 0 radical (unpaired) electrons. The van der Waals surface area contributed by atoms with Crippen LogP contribution >= 0.6 is 0 Å². The Bertz CT molecular complexity index is 1140. The number of carbonyl (C=O) groups is 1. The van der Waals surface area contributed by atoms with Crippen molar-refractivity contribution in [2.75, 3.05) is 33.2 Å². The highest BCUT2D eigenvalue weighted by atomic mass is 16.4. The van der Waals surface area contributed by atoms with Gasteiger partial charge in [0, 0.05) is 25.2 Å². The number of piperidine rings is 1. The van der Waals surface area contributed by atoms with E-state index in [0.717, 1.165) is 83.1 Å². The molecule has 3 aliphatic rings. The molecular weight excluding hydrogens is 540 g/mol. The molecule has 2 aromatic carbocycles. The number of likely N-dealkylation sites (tertiary alicyclic amines) is 2. The summed E-state index contributed by atoms with van der Waals surface area (Å²) in [6, 6.07) is 18.3. The van der Waals surface area contributed by atoms with E-state index < -0.39 is 11.6 Å². The van der Waals surface area contributed by atoms with Crippen LogP contribution in [0.3, 0.4) is 0 Å². The lowest BCUT2D eigenvalue weighted by Crippen LogP contribution is -2.45. The standard InChI is InChI=1S/C18H25NO2.C16H27N5O/c20-18(21)17(15-9-5-2-6-10-15)19-12-11-16(13-19)14-7-3-1-4-8-14;1-21-11-9-16(22,10-12-21)8-2-3-13-4-6-14(7-5-13)15(19-17)20-18/h1,3-4,7-8,15-17H,2,5-6,9-13H2,(H,20,21);4-7,22H,2-3,8-12,17-18H2,1H3,(H,19,20)/t16-,17-;/m1./s1. The Labute approximate surface area is 257 Å². The molecule has 2 atom stereocenters. The molecule has 0 bridgehead atoms. The number of aryl methyl sites for hydroxylation is 1. The summed E-state index contributed by atoms with van der Waals surface area (Å²) in [7, 11) is 2.11. The number of benzene rings is 2. The molecular formula is C34H52N6O3. The molecule has 2 aromatic rings. The molecule has 1 saturated carbocycles. The van der Waals surface area contributed by atoms with Crippen molar-refractivity contribution in [2.45, 2.75) is 88.2 Å². The summed E-state index contributed by atoms with van der Waals surface area (Å²) in [5.74, 6) is 11.3. The third-order valence-corrected chi connectivity index (χ3v) is 9.75. The lowest BCUT2D eigenvalue weighted by Gasteiger charge is -2.36. The van der Waals surface area contributed by atoms with Crippen LogP contribution in [0.4, 0.5) is 0 Å². The number of nitrogens with two attached hydrogens (primary N) is 2. The Hall–Kier alpha value is -2.98. The number of nitrogens with one attached hydrogen (secondary N) is 1. The van der Waals surface area contributed by atoms with Crippen molar-refractivity contribution in [3.8, 4) is 0 Å².